The molecule has 3 heteroatoms. The molecule has 2 aromatic rings. The summed E-state index contributed by atoms with van der Waals surface area (Å²) < 4.78 is 1.96. The first-order valence-corrected chi connectivity index (χ1v) is 6.57. The molecule has 18 heavy (non-hydrogen) atoms. The molecule has 1 heterocycles. The Balaban J connectivity index is 2.23. The third-order valence-electron chi connectivity index (χ3n) is 3.14. The van der Waals surface area contributed by atoms with Crippen LogP contribution >= 0.6 is 0 Å². The summed E-state index contributed by atoms with van der Waals surface area (Å²) in [6, 6.07) is 6.63. The zero-order valence-corrected chi connectivity index (χ0v) is 11.4. The Morgan fingerprint density at radius 1 is 1.28 bits per heavy atom. The Bertz CT molecular complexity index is 514. The van der Waals surface area contributed by atoms with Crippen molar-refractivity contribution in [2.75, 3.05) is 6.54 Å². The van der Waals surface area contributed by atoms with Gasteiger partial charge in [-0.25, -0.2) is 0 Å². The summed E-state index contributed by atoms with van der Waals surface area (Å²) in [5.41, 5.74) is 5.11. The van der Waals surface area contributed by atoms with Gasteiger partial charge < -0.3 is 5.32 Å². The van der Waals surface area contributed by atoms with Gasteiger partial charge >= 0.3 is 0 Å². The molecule has 0 aliphatic rings. The van der Waals surface area contributed by atoms with Crippen LogP contribution in [0.1, 0.15) is 25.0 Å². The first-order valence-electron chi connectivity index (χ1n) is 6.57. The van der Waals surface area contributed by atoms with Gasteiger partial charge in [0.25, 0.3) is 0 Å². The fraction of sp³-hybridized carbons (Fsp3) is 0.400. The van der Waals surface area contributed by atoms with E-state index in [4.69, 9.17) is 0 Å². The van der Waals surface area contributed by atoms with Gasteiger partial charge in [0.2, 0.25) is 0 Å². The van der Waals surface area contributed by atoms with Crippen LogP contribution in [0.25, 0.3) is 11.1 Å². The molecular weight excluding hydrogens is 222 g/mol. The Labute approximate surface area is 109 Å². The summed E-state index contributed by atoms with van der Waals surface area (Å²) in [4.78, 5) is 0. The predicted molar refractivity (Wildman–Crippen MR) is 75.5 cm³/mol. The van der Waals surface area contributed by atoms with Crippen LogP contribution in [0.5, 0.6) is 0 Å². The Kier molecular flexibility index (Phi) is 4.15. The van der Waals surface area contributed by atoms with Crippen molar-refractivity contribution in [3.05, 3.63) is 41.7 Å². The average molecular weight is 243 g/mol. The second-order valence-electron chi connectivity index (χ2n) is 4.51. The van der Waals surface area contributed by atoms with Gasteiger partial charge in [-0.1, -0.05) is 25.1 Å². The first-order chi connectivity index (χ1) is 8.74. The fourth-order valence-corrected chi connectivity index (χ4v) is 2.10. The van der Waals surface area contributed by atoms with Gasteiger partial charge in [-0.3, -0.25) is 4.68 Å². The Morgan fingerprint density at radius 3 is 2.72 bits per heavy atom. The number of hydrogen-bond donors (Lipinski definition) is 1. The summed E-state index contributed by atoms with van der Waals surface area (Å²) in [6.07, 6.45) is 4.04. The van der Waals surface area contributed by atoms with Gasteiger partial charge in [0.1, 0.15) is 0 Å². The molecular formula is C15H21N3. The van der Waals surface area contributed by atoms with Crippen LogP contribution in [0.4, 0.5) is 0 Å². The summed E-state index contributed by atoms with van der Waals surface area (Å²) >= 11 is 0. The second-order valence-corrected chi connectivity index (χ2v) is 4.51. The van der Waals surface area contributed by atoms with Crippen LogP contribution in [0.15, 0.2) is 30.6 Å². The van der Waals surface area contributed by atoms with Crippen molar-refractivity contribution in [1.29, 1.82) is 0 Å². The van der Waals surface area contributed by atoms with Crippen molar-refractivity contribution < 1.29 is 0 Å². The number of benzene rings is 1. The molecule has 0 aliphatic carbocycles. The van der Waals surface area contributed by atoms with Crippen LogP contribution in [0.3, 0.4) is 0 Å². The van der Waals surface area contributed by atoms with Crippen molar-refractivity contribution in [2.24, 2.45) is 0 Å². The van der Waals surface area contributed by atoms with E-state index < -0.39 is 0 Å². The fourth-order valence-electron chi connectivity index (χ4n) is 2.10. The lowest BCUT2D eigenvalue weighted by Gasteiger charge is -2.07. The van der Waals surface area contributed by atoms with Crippen LogP contribution in [0.2, 0.25) is 0 Å². The maximum absolute atomic E-state index is 4.33. The van der Waals surface area contributed by atoms with Gasteiger partial charge in [0, 0.05) is 24.8 Å². The molecule has 0 atom stereocenters. The topological polar surface area (TPSA) is 29.9 Å². The summed E-state index contributed by atoms with van der Waals surface area (Å²) in [7, 11) is 0. The van der Waals surface area contributed by atoms with E-state index in [9.17, 15) is 0 Å². The molecule has 0 saturated heterocycles. The van der Waals surface area contributed by atoms with E-state index in [1.54, 1.807) is 0 Å². The maximum Gasteiger partial charge on any atom is 0.0568 e. The normalized spacial score (nSPS) is 10.8. The molecule has 0 fully saturated rings. The third kappa shape index (κ3) is 2.79. The lowest BCUT2D eigenvalue weighted by atomic mass is 10.0. The summed E-state index contributed by atoms with van der Waals surface area (Å²) in [5, 5.41) is 7.68. The van der Waals surface area contributed by atoms with E-state index in [0.717, 1.165) is 19.6 Å². The molecule has 0 spiro atoms. The minimum absolute atomic E-state index is 0.914. The van der Waals surface area contributed by atoms with Crippen molar-refractivity contribution in [2.45, 2.75) is 33.9 Å². The minimum atomic E-state index is 0.914. The summed E-state index contributed by atoms with van der Waals surface area (Å²) in [6.45, 7) is 9.24. The zero-order valence-electron chi connectivity index (χ0n) is 11.4. The monoisotopic (exact) mass is 243 g/mol. The molecule has 1 aromatic heterocycles. The van der Waals surface area contributed by atoms with Gasteiger partial charge in [-0.15, -0.1) is 0 Å². The minimum Gasteiger partial charge on any atom is -0.313 e. The van der Waals surface area contributed by atoms with E-state index in [2.05, 4.69) is 55.6 Å². The first kappa shape index (κ1) is 12.8. The van der Waals surface area contributed by atoms with E-state index in [-0.39, 0.29) is 0 Å². The smallest absolute Gasteiger partial charge is 0.0568 e. The van der Waals surface area contributed by atoms with E-state index in [0.29, 0.717) is 0 Å². The standard InChI is InChI=1S/C15H21N3/c1-4-16-9-13-6-7-15(12(3)8-13)14-10-17-18(5-2)11-14/h6-8,10-11,16H,4-5,9H2,1-3H3. The zero-order chi connectivity index (χ0) is 13.0. The molecule has 1 aromatic carbocycles. The lowest BCUT2D eigenvalue weighted by molar-refractivity contribution is 0.660. The maximum atomic E-state index is 4.33. The van der Waals surface area contributed by atoms with Crippen molar-refractivity contribution >= 4 is 0 Å². The van der Waals surface area contributed by atoms with Crippen LogP contribution in [-0.4, -0.2) is 16.3 Å². The van der Waals surface area contributed by atoms with Gasteiger partial charge in [0.05, 0.1) is 6.20 Å². The van der Waals surface area contributed by atoms with Crippen molar-refractivity contribution in [3.8, 4) is 11.1 Å². The number of nitrogens with zero attached hydrogens (tertiary/aromatic N) is 2. The molecule has 0 aliphatic heterocycles. The van der Waals surface area contributed by atoms with Crippen molar-refractivity contribution in [3.63, 3.8) is 0 Å². The van der Waals surface area contributed by atoms with E-state index in [1.807, 2.05) is 10.9 Å². The molecule has 0 bridgehead atoms. The third-order valence-corrected chi connectivity index (χ3v) is 3.14. The predicted octanol–water partition coefficient (Wildman–Crippen LogP) is 2.99. The average Bonchev–Trinajstić information content (AvgIpc) is 2.85. The number of rotatable bonds is 5. The molecule has 2 rings (SSSR count). The van der Waals surface area contributed by atoms with Crippen LogP contribution < -0.4 is 5.32 Å². The summed E-state index contributed by atoms with van der Waals surface area (Å²) in [5.74, 6) is 0. The van der Waals surface area contributed by atoms with Crippen molar-refractivity contribution in [1.82, 2.24) is 15.1 Å². The highest BCUT2D eigenvalue weighted by Crippen LogP contribution is 2.23. The molecule has 3 nitrogen and oxygen atoms in total. The molecule has 0 unspecified atom stereocenters. The highest BCUT2D eigenvalue weighted by Gasteiger charge is 2.05. The van der Waals surface area contributed by atoms with Crippen LogP contribution in [-0.2, 0) is 13.1 Å². The van der Waals surface area contributed by atoms with E-state index >= 15 is 0 Å². The molecule has 0 amide bonds. The highest BCUT2D eigenvalue weighted by atomic mass is 15.3. The van der Waals surface area contributed by atoms with Gasteiger partial charge in [-0.05, 0) is 37.1 Å². The number of nitrogens with one attached hydrogen (secondary N) is 1. The second kappa shape index (κ2) is 5.83. The van der Waals surface area contributed by atoms with Crippen LogP contribution in [0, 0.1) is 6.92 Å². The van der Waals surface area contributed by atoms with Gasteiger partial charge in [0.15, 0.2) is 0 Å². The molecule has 1 N–H and O–H groups in total. The number of aryl methyl sites for hydroxylation is 2. The van der Waals surface area contributed by atoms with E-state index in [1.165, 1.54) is 22.3 Å². The number of hydrogen-bond acceptors (Lipinski definition) is 2. The quantitative estimate of drug-likeness (QED) is 0.875. The molecule has 96 valence electrons. The molecule has 0 saturated carbocycles. The SMILES string of the molecule is CCNCc1ccc(-c2cnn(CC)c2)c(C)c1. The largest absolute Gasteiger partial charge is 0.313 e. The van der Waals surface area contributed by atoms with Gasteiger partial charge in [-0.2, -0.15) is 5.10 Å². The molecule has 0 radical (unpaired) electrons. The number of aromatic nitrogens is 2. The Morgan fingerprint density at radius 2 is 2.11 bits per heavy atom. The lowest BCUT2D eigenvalue weighted by Crippen LogP contribution is -2.11. The Hall–Kier alpha value is -1.61. The highest BCUT2D eigenvalue weighted by molar-refractivity contribution is 5.66.